The van der Waals surface area contributed by atoms with E-state index in [1.807, 2.05) is 54.6 Å². The lowest BCUT2D eigenvalue weighted by Gasteiger charge is -2.15. The summed E-state index contributed by atoms with van der Waals surface area (Å²) in [5, 5.41) is 15.2. The van der Waals surface area contributed by atoms with Gasteiger partial charge in [-0.25, -0.2) is 9.78 Å². The molecule has 0 saturated heterocycles. The van der Waals surface area contributed by atoms with Crippen LogP contribution in [0.2, 0.25) is 0 Å². The Balaban J connectivity index is 2.03. The molecule has 27 heavy (non-hydrogen) atoms. The van der Waals surface area contributed by atoms with Crippen LogP contribution in [0, 0.1) is 0 Å². The standard InChI is InChI=1S/C23H26N2O2/c1-3-16(2)24-15-9-14-20-18-12-7-8-13-19(18)21(25-22(20)23(26)27)17-10-5-4-6-11-17/h4-8,10-13,16,24H,3,9,14-15H2,1-2H3,(H,26,27). The maximum atomic E-state index is 12.0. The Morgan fingerprint density at radius 2 is 1.74 bits per heavy atom. The first-order valence-corrected chi connectivity index (χ1v) is 9.55. The fraction of sp³-hybridized carbons (Fsp3) is 0.304. The maximum absolute atomic E-state index is 12.0. The fourth-order valence-electron chi connectivity index (χ4n) is 3.32. The third kappa shape index (κ3) is 4.34. The first-order valence-electron chi connectivity index (χ1n) is 9.55. The summed E-state index contributed by atoms with van der Waals surface area (Å²) in [6, 6.07) is 18.2. The van der Waals surface area contributed by atoms with Crippen LogP contribution in [0.25, 0.3) is 22.0 Å². The number of hydrogen-bond donors (Lipinski definition) is 2. The van der Waals surface area contributed by atoms with Crippen LogP contribution in [-0.2, 0) is 6.42 Å². The topological polar surface area (TPSA) is 62.2 Å². The van der Waals surface area contributed by atoms with Gasteiger partial charge in [-0.05, 0) is 43.7 Å². The Hall–Kier alpha value is -2.72. The van der Waals surface area contributed by atoms with Crippen molar-refractivity contribution < 1.29 is 9.90 Å². The Labute approximate surface area is 160 Å². The van der Waals surface area contributed by atoms with Gasteiger partial charge in [0.1, 0.15) is 0 Å². The van der Waals surface area contributed by atoms with Crippen LogP contribution in [0.1, 0.15) is 42.7 Å². The lowest BCUT2D eigenvalue weighted by Crippen LogP contribution is -2.26. The van der Waals surface area contributed by atoms with Gasteiger partial charge in [0.05, 0.1) is 5.69 Å². The van der Waals surface area contributed by atoms with Crippen LogP contribution in [0.4, 0.5) is 0 Å². The van der Waals surface area contributed by atoms with E-state index >= 15 is 0 Å². The highest BCUT2D eigenvalue weighted by atomic mass is 16.4. The highest BCUT2D eigenvalue weighted by Crippen LogP contribution is 2.31. The minimum atomic E-state index is -0.970. The second kappa shape index (κ2) is 8.78. The van der Waals surface area contributed by atoms with Crippen LogP contribution < -0.4 is 5.32 Å². The Morgan fingerprint density at radius 3 is 2.41 bits per heavy atom. The molecule has 1 aromatic heterocycles. The number of carboxylic acid groups (broad SMARTS) is 1. The summed E-state index contributed by atoms with van der Waals surface area (Å²) in [4.78, 5) is 16.5. The molecule has 0 spiro atoms. The number of hydrogen-bond acceptors (Lipinski definition) is 3. The van der Waals surface area contributed by atoms with E-state index < -0.39 is 5.97 Å². The van der Waals surface area contributed by atoms with Crippen molar-refractivity contribution in [3.05, 3.63) is 65.9 Å². The van der Waals surface area contributed by atoms with Crippen molar-refractivity contribution >= 4 is 16.7 Å². The first-order chi connectivity index (χ1) is 13.1. The fourth-order valence-corrected chi connectivity index (χ4v) is 3.32. The van der Waals surface area contributed by atoms with E-state index in [4.69, 9.17) is 0 Å². The van der Waals surface area contributed by atoms with Crippen molar-refractivity contribution in [2.45, 2.75) is 39.2 Å². The summed E-state index contributed by atoms with van der Waals surface area (Å²) in [6.07, 6.45) is 2.64. The van der Waals surface area contributed by atoms with Gasteiger partial charge in [0, 0.05) is 17.0 Å². The summed E-state index contributed by atoms with van der Waals surface area (Å²) in [7, 11) is 0. The number of carboxylic acids is 1. The van der Waals surface area contributed by atoms with E-state index in [0.717, 1.165) is 47.0 Å². The molecule has 140 valence electrons. The van der Waals surface area contributed by atoms with E-state index in [2.05, 4.69) is 24.1 Å². The molecule has 1 heterocycles. The first kappa shape index (κ1) is 19.1. The Kier molecular flexibility index (Phi) is 6.20. The lowest BCUT2D eigenvalue weighted by molar-refractivity contribution is 0.0689. The number of nitrogens with zero attached hydrogens (tertiary/aromatic N) is 1. The van der Waals surface area contributed by atoms with Crippen LogP contribution in [0.15, 0.2) is 54.6 Å². The summed E-state index contributed by atoms with van der Waals surface area (Å²) >= 11 is 0. The van der Waals surface area contributed by atoms with Gasteiger partial charge in [0.25, 0.3) is 0 Å². The van der Waals surface area contributed by atoms with Gasteiger partial charge in [0.15, 0.2) is 5.69 Å². The average Bonchev–Trinajstić information content (AvgIpc) is 2.71. The molecule has 0 saturated carbocycles. The van der Waals surface area contributed by atoms with Crippen molar-refractivity contribution in [1.29, 1.82) is 0 Å². The molecular weight excluding hydrogens is 336 g/mol. The number of nitrogens with one attached hydrogen (secondary N) is 1. The van der Waals surface area contributed by atoms with Gasteiger partial charge in [-0.1, -0.05) is 61.5 Å². The van der Waals surface area contributed by atoms with Crippen molar-refractivity contribution in [2.75, 3.05) is 6.54 Å². The molecule has 0 radical (unpaired) electrons. The highest BCUT2D eigenvalue weighted by Gasteiger charge is 2.19. The zero-order valence-corrected chi connectivity index (χ0v) is 15.9. The number of carbonyl (C=O) groups is 1. The summed E-state index contributed by atoms with van der Waals surface area (Å²) in [5.74, 6) is -0.970. The third-order valence-corrected chi connectivity index (χ3v) is 4.98. The molecule has 2 N–H and O–H groups in total. The quantitative estimate of drug-likeness (QED) is 0.558. The van der Waals surface area contributed by atoms with Crippen molar-refractivity contribution in [2.24, 2.45) is 0 Å². The number of fused-ring (bicyclic) bond motifs is 1. The minimum Gasteiger partial charge on any atom is -0.477 e. The molecule has 1 unspecified atom stereocenters. The van der Waals surface area contributed by atoms with Crippen LogP contribution in [0.3, 0.4) is 0 Å². The Morgan fingerprint density at radius 1 is 1.07 bits per heavy atom. The lowest BCUT2D eigenvalue weighted by atomic mass is 9.95. The van der Waals surface area contributed by atoms with Crippen molar-refractivity contribution in [3.8, 4) is 11.3 Å². The van der Waals surface area contributed by atoms with Crippen LogP contribution >= 0.6 is 0 Å². The van der Waals surface area contributed by atoms with E-state index in [0.29, 0.717) is 12.5 Å². The molecule has 0 amide bonds. The predicted octanol–water partition coefficient (Wildman–Crippen LogP) is 4.92. The van der Waals surface area contributed by atoms with Gasteiger partial charge in [-0.2, -0.15) is 0 Å². The normalized spacial score (nSPS) is 12.2. The maximum Gasteiger partial charge on any atom is 0.354 e. The molecule has 0 aliphatic carbocycles. The number of aromatic nitrogens is 1. The monoisotopic (exact) mass is 362 g/mol. The summed E-state index contributed by atoms with van der Waals surface area (Å²) in [5.41, 5.74) is 2.64. The van der Waals surface area contributed by atoms with Gasteiger partial charge < -0.3 is 10.4 Å². The van der Waals surface area contributed by atoms with Gasteiger partial charge in [0.2, 0.25) is 0 Å². The molecule has 1 atom stereocenters. The van der Waals surface area contributed by atoms with Gasteiger partial charge in [-0.15, -0.1) is 0 Å². The highest BCUT2D eigenvalue weighted by molar-refractivity contribution is 6.02. The molecule has 4 heteroatoms. The predicted molar refractivity (Wildman–Crippen MR) is 110 cm³/mol. The van der Waals surface area contributed by atoms with Crippen molar-refractivity contribution in [1.82, 2.24) is 10.3 Å². The zero-order valence-electron chi connectivity index (χ0n) is 15.9. The van der Waals surface area contributed by atoms with Crippen LogP contribution in [0.5, 0.6) is 0 Å². The number of pyridine rings is 1. The number of aryl methyl sites for hydroxylation is 1. The van der Waals surface area contributed by atoms with Crippen LogP contribution in [-0.4, -0.2) is 28.6 Å². The average molecular weight is 362 g/mol. The van der Waals surface area contributed by atoms with Crippen molar-refractivity contribution in [3.63, 3.8) is 0 Å². The zero-order chi connectivity index (χ0) is 19.2. The molecule has 0 aliphatic heterocycles. The number of rotatable bonds is 8. The minimum absolute atomic E-state index is 0.163. The van der Waals surface area contributed by atoms with E-state index in [1.165, 1.54) is 0 Å². The second-order valence-corrected chi connectivity index (χ2v) is 6.87. The molecule has 0 bridgehead atoms. The molecule has 4 nitrogen and oxygen atoms in total. The molecule has 0 aliphatic rings. The van der Waals surface area contributed by atoms with Gasteiger partial charge in [-0.3, -0.25) is 0 Å². The summed E-state index contributed by atoms with van der Waals surface area (Å²) < 4.78 is 0. The smallest absolute Gasteiger partial charge is 0.354 e. The van der Waals surface area contributed by atoms with E-state index in [-0.39, 0.29) is 5.69 Å². The van der Waals surface area contributed by atoms with E-state index in [1.54, 1.807) is 0 Å². The molecule has 3 aromatic rings. The molecular formula is C23H26N2O2. The largest absolute Gasteiger partial charge is 0.477 e. The Bertz CT molecular complexity index is 922. The third-order valence-electron chi connectivity index (χ3n) is 4.98. The summed E-state index contributed by atoms with van der Waals surface area (Å²) in [6.45, 7) is 5.18. The van der Waals surface area contributed by atoms with Gasteiger partial charge >= 0.3 is 5.97 Å². The molecule has 2 aromatic carbocycles. The van der Waals surface area contributed by atoms with E-state index in [9.17, 15) is 9.90 Å². The number of aromatic carboxylic acids is 1. The molecule has 3 rings (SSSR count). The SMILES string of the molecule is CCC(C)NCCCc1c(C(=O)O)nc(-c2ccccc2)c2ccccc12. The second-order valence-electron chi connectivity index (χ2n) is 6.87. The molecule has 0 fully saturated rings. The number of benzene rings is 2.